The summed E-state index contributed by atoms with van der Waals surface area (Å²) in [6.07, 6.45) is -0.509. The van der Waals surface area contributed by atoms with Crippen LogP contribution in [0, 0.1) is 0 Å². The molecule has 0 aliphatic carbocycles. The van der Waals surface area contributed by atoms with Gasteiger partial charge in [0.1, 0.15) is 6.61 Å². The predicted molar refractivity (Wildman–Crippen MR) is 40.1 cm³/mol. The molecule has 1 aromatic heterocycles. The van der Waals surface area contributed by atoms with Crippen LogP contribution in [0.5, 0.6) is 6.01 Å². The fourth-order valence-electron chi connectivity index (χ4n) is 0.663. The van der Waals surface area contributed by atoms with Crippen LogP contribution in [0.25, 0.3) is 0 Å². The highest BCUT2D eigenvalue weighted by Gasteiger charge is 2.05. The first-order chi connectivity index (χ1) is 6.22. The van der Waals surface area contributed by atoms with E-state index >= 15 is 0 Å². The summed E-state index contributed by atoms with van der Waals surface area (Å²) in [6, 6.07) is 0.147. The zero-order valence-electron chi connectivity index (χ0n) is 7.02. The van der Waals surface area contributed by atoms with Crippen molar-refractivity contribution < 1.29 is 18.8 Å². The van der Waals surface area contributed by atoms with Crippen LogP contribution in [0.15, 0.2) is 4.52 Å². The Bertz CT molecular complexity index is 285. The molecule has 72 valence electrons. The topological polar surface area (TPSA) is 100 Å². The molecule has 2 N–H and O–H groups in total. The molecule has 0 saturated heterocycles. The van der Waals surface area contributed by atoms with E-state index in [0.29, 0.717) is 12.3 Å². The van der Waals surface area contributed by atoms with Crippen molar-refractivity contribution in [2.45, 2.75) is 6.42 Å². The van der Waals surface area contributed by atoms with Gasteiger partial charge in [-0.05, 0) is 5.16 Å². The van der Waals surface area contributed by atoms with Crippen LogP contribution >= 0.6 is 0 Å². The third-order valence-electron chi connectivity index (χ3n) is 1.19. The van der Waals surface area contributed by atoms with Gasteiger partial charge in [-0.25, -0.2) is 4.79 Å². The first-order valence-corrected chi connectivity index (χ1v) is 3.51. The summed E-state index contributed by atoms with van der Waals surface area (Å²) in [6.45, 7) is 0.112. The molecule has 13 heavy (non-hydrogen) atoms. The molecule has 0 radical (unpaired) electrons. The Hall–Kier alpha value is -1.79. The van der Waals surface area contributed by atoms with Crippen molar-refractivity contribution in [2.75, 3.05) is 13.7 Å². The van der Waals surface area contributed by atoms with Gasteiger partial charge in [0.2, 0.25) is 5.89 Å². The van der Waals surface area contributed by atoms with Crippen molar-refractivity contribution in [3.63, 3.8) is 0 Å². The SMILES string of the molecule is COc1noc(CCOC(N)=O)n1. The lowest BCUT2D eigenvalue weighted by Gasteiger charge is -1.95. The van der Waals surface area contributed by atoms with Crippen LogP contribution in [0.3, 0.4) is 0 Å². The fraction of sp³-hybridized carbons (Fsp3) is 0.500. The molecule has 0 bridgehead atoms. The van der Waals surface area contributed by atoms with Gasteiger partial charge in [-0.3, -0.25) is 0 Å². The second kappa shape index (κ2) is 4.29. The molecule has 0 aliphatic rings. The van der Waals surface area contributed by atoms with Crippen molar-refractivity contribution in [1.82, 2.24) is 10.1 Å². The van der Waals surface area contributed by atoms with E-state index in [9.17, 15) is 4.79 Å². The van der Waals surface area contributed by atoms with Crippen molar-refractivity contribution in [1.29, 1.82) is 0 Å². The molecule has 1 amide bonds. The van der Waals surface area contributed by atoms with Crippen molar-refractivity contribution in [2.24, 2.45) is 5.73 Å². The van der Waals surface area contributed by atoms with Crippen molar-refractivity contribution in [3.8, 4) is 6.01 Å². The highest BCUT2D eigenvalue weighted by Crippen LogP contribution is 2.04. The molecule has 1 aromatic rings. The molecule has 1 heterocycles. The minimum atomic E-state index is -0.827. The average Bonchev–Trinajstić information content (AvgIpc) is 2.52. The second-order valence-corrected chi connectivity index (χ2v) is 2.09. The highest BCUT2D eigenvalue weighted by atomic mass is 16.6. The molecule has 0 fully saturated rings. The van der Waals surface area contributed by atoms with Crippen molar-refractivity contribution >= 4 is 6.09 Å². The number of nitrogens with two attached hydrogens (primary N) is 1. The quantitative estimate of drug-likeness (QED) is 0.695. The van der Waals surface area contributed by atoms with Gasteiger partial charge in [0.05, 0.1) is 13.5 Å². The molecule has 0 saturated carbocycles. The Balaban J connectivity index is 2.32. The normalized spacial score (nSPS) is 9.62. The summed E-state index contributed by atoms with van der Waals surface area (Å²) in [4.78, 5) is 14.0. The summed E-state index contributed by atoms with van der Waals surface area (Å²) >= 11 is 0. The second-order valence-electron chi connectivity index (χ2n) is 2.09. The Morgan fingerprint density at radius 3 is 3.00 bits per heavy atom. The van der Waals surface area contributed by atoms with Crippen LogP contribution in [0.4, 0.5) is 4.79 Å². The van der Waals surface area contributed by atoms with Gasteiger partial charge >= 0.3 is 12.1 Å². The van der Waals surface area contributed by atoms with E-state index in [-0.39, 0.29) is 12.6 Å². The van der Waals surface area contributed by atoms with Gasteiger partial charge in [-0.1, -0.05) is 0 Å². The lowest BCUT2D eigenvalue weighted by atomic mass is 10.5. The maximum Gasteiger partial charge on any atom is 0.404 e. The number of ether oxygens (including phenoxy) is 2. The number of primary amides is 1. The Labute approximate surface area is 73.8 Å². The van der Waals surface area contributed by atoms with Gasteiger partial charge in [0.25, 0.3) is 0 Å². The van der Waals surface area contributed by atoms with E-state index in [2.05, 4.69) is 19.6 Å². The predicted octanol–water partition coefficient (Wildman–Crippen LogP) is -0.284. The molecule has 0 unspecified atom stereocenters. The van der Waals surface area contributed by atoms with E-state index in [4.69, 9.17) is 10.3 Å². The minimum Gasteiger partial charge on any atom is -0.465 e. The number of nitrogens with zero attached hydrogens (tertiary/aromatic N) is 2. The number of hydrogen-bond acceptors (Lipinski definition) is 6. The van der Waals surface area contributed by atoms with Crippen LogP contribution in [-0.4, -0.2) is 30.0 Å². The number of rotatable bonds is 4. The van der Waals surface area contributed by atoms with Crippen LogP contribution in [0.2, 0.25) is 0 Å². The maximum atomic E-state index is 10.2. The fourth-order valence-corrected chi connectivity index (χ4v) is 0.663. The largest absolute Gasteiger partial charge is 0.465 e. The zero-order chi connectivity index (χ0) is 9.68. The summed E-state index contributed by atoms with van der Waals surface area (Å²) in [5.74, 6) is 0.332. The van der Waals surface area contributed by atoms with Gasteiger partial charge < -0.3 is 19.7 Å². The summed E-state index contributed by atoms with van der Waals surface area (Å²) in [7, 11) is 1.43. The molecule has 0 spiro atoms. The van der Waals surface area contributed by atoms with Gasteiger partial charge in [0.15, 0.2) is 0 Å². The highest BCUT2D eigenvalue weighted by molar-refractivity contribution is 5.64. The standard InChI is InChI=1S/C6H9N3O4/c1-11-6-8-4(13-9-6)2-3-12-5(7)10/h2-3H2,1H3,(H2,7,10). The van der Waals surface area contributed by atoms with E-state index < -0.39 is 6.09 Å². The van der Waals surface area contributed by atoms with Gasteiger partial charge in [0, 0.05) is 0 Å². The minimum absolute atomic E-state index is 0.112. The number of aromatic nitrogens is 2. The molecule has 7 nitrogen and oxygen atoms in total. The summed E-state index contributed by atoms with van der Waals surface area (Å²) in [5, 5.41) is 3.45. The zero-order valence-corrected chi connectivity index (χ0v) is 7.02. The van der Waals surface area contributed by atoms with E-state index in [1.165, 1.54) is 7.11 Å². The van der Waals surface area contributed by atoms with Gasteiger partial charge in [-0.15, -0.1) is 0 Å². The Kier molecular flexibility index (Phi) is 3.07. The van der Waals surface area contributed by atoms with Crippen LogP contribution in [-0.2, 0) is 11.2 Å². The number of hydrogen-bond donors (Lipinski definition) is 1. The molecular formula is C6H9N3O4. The Morgan fingerprint density at radius 1 is 1.69 bits per heavy atom. The van der Waals surface area contributed by atoms with Crippen LogP contribution in [0.1, 0.15) is 5.89 Å². The summed E-state index contributed by atoms with van der Waals surface area (Å²) in [5.41, 5.74) is 4.74. The van der Waals surface area contributed by atoms with Gasteiger partial charge in [-0.2, -0.15) is 4.98 Å². The lowest BCUT2D eigenvalue weighted by molar-refractivity contribution is 0.155. The first kappa shape index (κ1) is 9.30. The Morgan fingerprint density at radius 2 is 2.46 bits per heavy atom. The number of carbonyl (C=O) groups excluding carboxylic acids is 1. The monoisotopic (exact) mass is 187 g/mol. The van der Waals surface area contributed by atoms with E-state index in [1.54, 1.807) is 0 Å². The maximum absolute atomic E-state index is 10.2. The third kappa shape index (κ3) is 2.97. The van der Waals surface area contributed by atoms with Crippen molar-refractivity contribution in [3.05, 3.63) is 5.89 Å². The number of carbonyl (C=O) groups is 1. The molecular weight excluding hydrogens is 178 g/mol. The number of amides is 1. The molecule has 0 atom stereocenters. The molecule has 0 aliphatic heterocycles. The molecule has 7 heteroatoms. The molecule has 1 rings (SSSR count). The smallest absolute Gasteiger partial charge is 0.404 e. The van der Waals surface area contributed by atoms with Crippen LogP contribution < -0.4 is 10.5 Å². The molecule has 0 aromatic carbocycles. The average molecular weight is 187 g/mol. The van der Waals surface area contributed by atoms with E-state index in [0.717, 1.165) is 0 Å². The third-order valence-corrected chi connectivity index (χ3v) is 1.19. The van der Waals surface area contributed by atoms with E-state index in [1.807, 2.05) is 0 Å². The number of methoxy groups -OCH3 is 1. The first-order valence-electron chi connectivity index (χ1n) is 3.51. The lowest BCUT2D eigenvalue weighted by Crippen LogP contribution is -2.14. The summed E-state index contributed by atoms with van der Waals surface area (Å²) < 4.78 is 13.9.